The summed E-state index contributed by atoms with van der Waals surface area (Å²) in [7, 11) is 0. The highest BCUT2D eigenvalue weighted by molar-refractivity contribution is 6.09. The molecule has 1 N–H and O–H groups in total. The van der Waals surface area contributed by atoms with Gasteiger partial charge in [-0.3, -0.25) is 4.79 Å². The van der Waals surface area contributed by atoms with E-state index in [4.69, 9.17) is 4.74 Å². The molecule has 88 valence electrons. The number of benzene rings is 1. The number of ketones is 1. The molecule has 1 aromatic carbocycles. The lowest BCUT2D eigenvalue weighted by Gasteiger charge is -2.04. The van der Waals surface area contributed by atoms with Crippen molar-refractivity contribution >= 4 is 16.7 Å². The fourth-order valence-electron chi connectivity index (χ4n) is 2.26. The molecule has 0 saturated carbocycles. The van der Waals surface area contributed by atoms with E-state index in [0.29, 0.717) is 24.2 Å². The molecular weight excluding hydrogens is 221 g/mol. The van der Waals surface area contributed by atoms with Gasteiger partial charge in [0.1, 0.15) is 5.82 Å². The quantitative estimate of drug-likeness (QED) is 0.810. The maximum absolute atomic E-state index is 13.2. The number of carbonyl (C=O) groups is 1. The van der Waals surface area contributed by atoms with Crippen LogP contribution in [-0.4, -0.2) is 24.0 Å². The summed E-state index contributed by atoms with van der Waals surface area (Å²) in [6.07, 6.45) is 2.41. The van der Waals surface area contributed by atoms with Crippen molar-refractivity contribution in [1.29, 1.82) is 0 Å². The van der Waals surface area contributed by atoms with E-state index in [1.165, 1.54) is 12.1 Å². The van der Waals surface area contributed by atoms with Crippen molar-refractivity contribution < 1.29 is 13.9 Å². The van der Waals surface area contributed by atoms with Crippen LogP contribution in [0.15, 0.2) is 24.4 Å². The van der Waals surface area contributed by atoms with Crippen LogP contribution in [-0.2, 0) is 4.74 Å². The van der Waals surface area contributed by atoms with Gasteiger partial charge >= 0.3 is 0 Å². The largest absolute Gasteiger partial charge is 0.381 e. The van der Waals surface area contributed by atoms with E-state index >= 15 is 0 Å². The molecule has 4 heteroatoms. The summed E-state index contributed by atoms with van der Waals surface area (Å²) in [6, 6.07) is 4.42. The number of hydrogen-bond donors (Lipinski definition) is 1. The number of aromatic nitrogens is 1. The van der Waals surface area contributed by atoms with E-state index in [0.717, 1.165) is 11.9 Å². The van der Waals surface area contributed by atoms with E-state index in [-0.39, 0.29) is 17.5 Å². The first kappa shape index (κ1) is 10.5. The molecule has 0 aliphatic carbocycles. The van der Waals surface area contributed by atoms with Crippen molar-refractivity contribution in [2.24, 2.45) is 5.92 Å². The molecule has 0 radical (unpaired) electrons. The number of aromatic amines is 1. The summed E-state index contributed by atoms with van der Waals surface area (Å²) in [6.45, 7) is 1.11. The number of Topliss-reactive ketones (excluding diaryl/α,β-unsaturated/α-hetero) is 1. The lowest BCUT2D eigenvalue weighted by atomic mass is 9.97. The summed E-state index contributed by atoms with van der Waals surface area (Å²) >= 11 is 0. The minimum atomic E-state index is -0.325. The fraction of sp³-hybridized carbons (Fsp3) is 0.308. The molecule has 1 saturated heterocycles. The van der Waals surface area contributed by atoms with Crippen molar-refractivity contribution in [1.82, 2.24) is 4.98 Å². The Balaban J connectivity index is 2.04. The Morgan fingerprint density at radius 1 is 1.47 bits per heavy atom. The van der Waals surface area contributed by atoms with Crippen molar-refractivity contribution in [3.8, 4) is 0 Å². The number of nitrogens with one attached hydrogen (secondary N) is 1. The minimum Gasteiger partial charge on any atom is -0.381 e. The van der Waals surface area contributed by atoms with Gasteiger partial charge in [-0.2, -0.15) is 0 Å². The van der Waals surface area contributed by atoms with E-state index in [1.54, 1.807) is 12.3 Å². The smallest absolute Gasteiger partial charge is 0.170 e. The standard InChI is InChI=1S/C13H12FNO2/c14-9-1-2-12-10(5-9)11(6-15-12)13(16)8-3-4-17-7-8/h1-2,5-6,8,15H,3-4,7H2. The lowest BCUT2D eigenvalue weighted by Crippen LogP contribution is -2.14. The molecule has 3 rings (SSSR count). The second-order valence-corrected chi connectivity index (χ2v) is 4.32. The number of rotatable bonds is 2. The zero-order chi connectivity index (χ0) is 11.8. The van der Waals surface area contributed by atoms with Gasteiger partial charge in [-0.1, -0.05) is 0 Å². The molecule has 1 aliphatic rings. The number of ether oxygens (including phenoxy) is 1. The van der Waals surface area contributed by atoms with Crippen LogP contribution in [0.2, 0.25) is 0 Å². The number of halogens is 1. The Labute approximate surface area is 97.6 Å². The van der Waals surface area contributed by atoms with Crippen LogP contribution in [0, 0.1) is 11.7 Å². The van der Waals surface area contributed by atoms with Gasteiger partial charge in [0.25, 0.3) is 0 Å². The number of H-pyrrole nitrogens is 1. The molecule has 17 heavy (non-hydrogen) atoms. The van der Waals surface area contributed by atoms with Gasteiger partial charge in [-0.15, -0.1) is 0 Å². The Morgan fingerprint density at radius 2 is 2.35 bits per heavy atom. The molecule has 0 bridgehead atoms. The van der Waals surface area contributed by atoms with Crippen molar-refractivity contribution in [3.05, 3.63) is 35.8 Å². The van der Waals surface area contributed by atoms with Crippen LogP contribution in [0.3, 0.4) is 0 Å². The summed E-state index contributed by atoms with van der Waals surface area (Å²) in [4.78, 5) is 15.2. The first-order chi connectivity index (χ1) is 8.25. The Bertz CT molecular complexity index is 570. The van der Waals surface area contributed by atoms with Gasteiger partial charge < -0.3 is 9.72 Å². The molecule has 1 aromatic heterocycles. The van der Waals surface area contributed by atoms with Crippen LogP contribution in [0.25, 0.3) is 10.9 Å². The molecule has 1 aliphatic heterocycles. The monoisotopic (exact) mass is 233 g/mol. The van der Waals surface area contributed by atoms with Gasteiger partial charge in [0.15, 0.2) is 5.78 Å². The van der Waals surface area contributed by atoms with Gasteiger partial charge in [0.05, 0.1) is 6.61 Å². The topological polar surface area (TPSA) is 42.1 Å². The van der Waals surface area contributed by atoms with Crippen LogP contribution >= 0.6 is 0 Å². The maximum Gasteiger partial charge on any atom is 0.170 e. The average molecular weight is 233 g/mol. The van der Waals surface area contributed by atoms with Gasteiger partial charge in [0, 0.05) is 35.2 Å². The Morgan fingerprint density at radius 3 is 3.12 bits per heavy atom. The first-order valence-corrected chi connectivity index (χ1v) is 5.64. The molecule has 2 aromatic rings. The van der Waals surface area contributed by atoms with E-state index in [2.05, 4.69) is 4.98 Å². The predicted molar refractivity (Wildman–Crippen MR) is 61.5 cm³/mol. The number of fused-ring (bicyclic) bond motifs is 1. The predicted octanol–water partition coefficient (Wildman–Crippen LogP) is 2.53. The summed E-state index contributed by atoms with van der Waals surface area (Å²) in [5.74, 6) is -0.370. The van der Waals surface area contributed by atoms with Crippen molar-refractivity contribution in [3.63, 3.8) is 0 Å². The molecule has 2 heterocycles. The maximum atomic E-state index is 13.2. The van der Waals surface area contributed by atoms with Crippen molar-refractivity contribution in [2.75, 3.05) is 13.2 Å². The summed E-state index contributed by atoms with van der Waals surface area (Å²) in [5, 5.41) is 0.655. The molecule has 1 fully saturated rings. The zero-order valence-electron chi connectivity index (χ0n) is 9.20. The fourth-order valence-corrected chi connectivity index (χ4v) is 2.26. The highest BCUT2D eigenvalue weighted by Gasteiger charge is 2.26. The van der Waals surface area contributed by atoms with Crippen LogP contribution in [0.5, 0.6) is 0 Å². The third kappa shape index (κ3) is 1.74. The number of hydrogen-bond acceptors (Lipinski definition) is 2. The third-order valence-corrected chi connectivity index (χ3v) is 3.21. The molecular formula is C13H12FNO2. The Kier molecular flexibility index (Phi) is 2.44. The molecule has 3 nitrogen and oxygen atoms in total. The van der Waals surface area contributed by atoms with E-state index in [1.807, 2.05) is 0 Å². The normalized spacial score (nSPS) is 19.9. The highest BCUT2D eigenvalue weighted by atomic mass is 19.1. The van der Waals surface area contributed by atoms with Gasteiger partial charge in [0.2, 0.25) is 0 Å². The van der Waals surface area contributed by atoms with Crippen LogP contribution < -0.4 is 0 Å². The lowest BCUT2D eigenvalue weighted by molar-refractivity contribution is 0.0902. The molecule has 1 unspecified atom stereocenters. The molecule has 1 atom stereocenters. The van der Waals surface area contributed by atoms with Crippen molar-refractivity contribution in [2.45, 2.75) is 6.42 Å². The van der Waals surface area contributed by atoms with Crippen LogP contribution in [0.1, 0.15) is 16.8 Å². The minimum absolute atomic E-state index is 0.0411. The highest BCUT2D eigenvalue weighted by Crippen LogP contribution is 2.25. The van der Waals surface area contributed by atoms with Crippen LogP contribution in [0.4, 0.5) is 4.39 Å². The van der Waals surface area contributed by atoms with Gasteiger partial charge in [-0.05, 0) is 24.6 Å². The molecule has 0 amide bonds. The summed E-state index contributed by atoms with van der Waals surface area (Å²) < 4.78 is 18.4. The summed E-state index contributed by atoms with van der Waals surface area (Å²) in [5.41, 5.74) is 1.35. The SMILES string of the molecule is O=C(c1c[nH]c2ccc(F)cc12)C1CCOC1. The number of carbonyl (C=O) groups excluding carboxylic acids is 1. The zero-order valence-corrected chi connectivity index (χ0v) is 9.20. The van der Waals surface area contributed by atoms with Gasteiger partial charge in [-0.25, -0.2) is 4.39 Å². The third-order valence-electron chi connectivity index (χ3n) is 3.21. The second kappa shape index (κ2) is 3.96. The van der Waals surface area contributed by atoms with E-state index < -0.39 is 0 Å². The molecule has 0 spiro atoms. The Hall–Kier alpha value is -1.68. The first-order valence-electron chi connectivity index (χ1n) is 5.64. The average Bonchev–Trinajstić information content (AvgIpc) is 2.97. The second-order valence-electron chi connectivity index (χ2n) is 4.32. The van der Waals surface area contributed by atoms with E-state index in [9.17, 15) is 9.18 Å².